The van der Waals surface area contributed by atoms with Gasteiger partial charge in [-0.25, -0.2) is 4.79 Å². The van der Waals surface area contributed by atoms with Crippen molar-refractivity contribution in [3.05, 3.63) is 0 Å². The Balaban J connectivity index is 1.47. The van der Waals surface area contributed by atoms with Crippen LogP contribution in [0.15, 0.2) is 0 Å². The Labute approximate surface area is 130 Å². The number of piperidine rings is 1. The molecule has 7 nitrogen and oxygen atoms in total. The highest BCUT2D eigenvalue weighted by Crippen LogP contribution is 2.61. The van der Waals surface area contributed by atoms with Crippen LogP contribution in [-0.2, 0) is 14.9 Å². The number of carbonyl (C=O) groups excluding carboxylic acids is 1. The van der Waals surface area contributed by atoms with Crippen molar-refractivity contribution in [1.82, 2.24) is 10.2 Å². The molecule has 5 rings (SSSR count). The number of amides is 1. The van der Waals surface area contributed by atoms with Gasteiger partial charge in [0, 0.05) is 18.9 Å². The number of carbonyl (C=O) groups is 1. The predicted octanol–water partition coefficient (Wildman–Crippen LogP) is 0.617. The van der Waals surface area contributed by atoms with E-state index in [4.69, 9.17) is 9.29 Å². The maximum absolute atomic E-state index is 12.3. The number of fused-ring (bicyclic) bond motifs is 1. The summed E-state index contributed by atoms with van der Waals surface area (Å²) in [7, 11) is -3.96. The van der Waals surface area contributed by atoms with Gasteiger partial charge in [0.1, 0.15) is 5.60 Å². The Kier molecular flexibility index (Phi) is 3.06. The molecular formula is C14H22N2O5S. The van der Waals surface area contributed by atoms with E-state index in [-0.39, 0.29) is 28.9 Å². The third kappa shape index (κ3) is 2.32. The molecule has 2 bridgehead atoms. The fourth-order valence-corrected chi connectivity index (χ4v) is 6.20. The fourth-order valence-electron chi connectivity index (χ4n) is 5.08. The highest BCUT2D eigenvalue weighted by Gasteiger charge is 2.61. The van der Waals surface area contributed by atoms with Crippen molar-refractivity contribution >= 4 is 16.2 Å². The van der Waals surface area contributed by atoms with Crippen molar-refractivity contribution in [2.24, 2.45) is 11.3 Å². The molecule has 8 heteroatoms. The van der Waals surface area contributed by atoms with Gasteiger partial charge in [0.05, 0.1) is 12.3 Å². The van der Waals surface area contributed by atoms with Crippen LogP contribution in [0.5, 0.6) is 0 Å². The molecule has 2 aliphatic heterocycles. The first-order valence-electron chi connectivity index (χ1n) is 7.96. The first-order chi connectivity index (χ1) is 10.3. The number of ether oxygens (including phenoxy) is 1. The second-order valence-electron chi connectivity index (χ2n) is 7.59. The van der Waals surface area contributed by atoms with Crippen molar-refractivity contribution in [3.63, 3.8) is 0 Å². The van der Waals surface area contributed by atoms with Crippen LogP contribution in [0.4, 0.5) is 4.79 Å². The lowest BCUT2D eigenvalue weighted by Crippen LogP contribution is -2.46. The second-order valence-corrected chi connectivity index (χ2v) is 9.05. The minimum absolute atomic E-state index is 0.0727. The lowest BCUT2D eigenvalue weighted by molar-refractivity contribution is 0.0316. The second kappa shape index (κ2) is 4.58. The molecule has 1 spiro atoms. The number of nitrogens with zero attached hydrogens (tertiary/aromatic N) is 1. The van der Waals surface area contributed by atoms with Gasteiger partial charge < -0.3 is 15.0 Å². The molecule has 5 aliphatic rings. The van der Waals surface area contributed by atoms with Gasteiger partial charge >= 0.3 is 6.09 Å². The van der Waals surface area contributed by atoms with Gasteiger partial charge in [-0.15, -0.1) is 0 Å². The topological polar surface area (TPSA) is 95.9 Å². The van der Waals surface area contributed by atoms with Gasteiger partial charge in [-0.3, -0.25) is 4.55 Å². The summed E-state index contributed by atoms with van der Waals surface area (Å²) in [4.78, 5) is 14.1. The third-order valence-electron chi connectivity index (χ3n) is 5.98. The van der Waals surface area contributed by atoms with Crippen LogP contribution in [0.25, 0.3) is 0 Å². The van der Waals surface area contributed by atoms with Crippen LogP contribution < -0.4 is 5.32 Å². The minimum Gasteiger partial charge on any atom is -0.441 e. The first kappa shape index (κ1) is 14.7. The summed E-state index contributed by atoms with van der Waals surface area (Å²) < 4.78 is 37.2. The van der Waals surface area contributed by atoms with Crippen molar-refractivity contribution in [2.45, 2.75) is 43.7 Å². The van der Waals surface area contributed by atoms with E-state index in [2.05, 4.69) is 5.32 Å². The maximum atomic E-state index is 12.3. The highest BCUT2D eigenvalue weighted by atomic mass is 32.2. The molecule has 0 aromatic carbocycles. The quantitative estimate of drug-likeness (QED) is 0.737. The Morgan fingerprint density at radius 3 is 2.59 bits per heavy atom. The molecule has 2 heterocycles. The lowest BCUT2D eigenvalue weighted by Gasteiger charge is -2.37. The van der Waals surface area contributed by atoms with E-state index >= 15 is 0 Å². The largest absolute Gasteiger partial charge is 0.441 e. The normalized spacial score (nSPS) is 39.9. The van der Waals surface area contributed by atoms with E-state index in [1.54, 1.807) is 0 Å². The summed E-state index contributed by atoms with van der Waals surface area (Å²) in [5, 5.41) is 3.28. The van der Waals surface area contributed by atoms with Gasteiger partial charge in [-0.2, -0.15) is 8.42 Å². The molecular weight excluding hydrogens is 308 g/mol. The molecule has 0 aromatic heterocycles. The van der Waals surface area contributed by atoms with E-state index in [1.807, 2.05) is 4.90 Å². The Bertz CT molecular complexity index is 592. The van der Waals surface area contributed by atoms with Crippen LogP contribution >= 0.6 is 0 Å². The van der Waals surface area contributed by atoms with Crippen molar-refractivity contribution in [2.75, 3.05) is 25.4 Å². The highest BCUT2D eigenvalue weighted by molar-refractivity contribution is 7.85. The van der Waals surface area contributed by atoms with Crippen molar-refractivity contribution in [3.8, 4) is 0 Å². The molecule has 1 amide bonds. The molecule has 2 N–H and O–H groups in total. The zero-order valence-corrected chi connectivity index (χ0v) is 13.3. The molecule has 5 fully saturated rings. The predicted molar refractivity (Wildman–Crippen MR) is 78.0 cm³/mol. The SMILES string of the molecule is O=C1OC2(CCNCC2)CN1[C@@H]1CC2(CS(=O)(=O)O)CC1C2. The lowest BCUT2D eigenvalue weighted by atomic mass is 9.71. The molecule has 2 saturated heterocycles. The van der Waals surface area contributed by atoms with Gasteiger partial charge in [0.15, 0.2) is 0 Å². The van der Waals surface area contributed by atoms with Crippen LogP contribution in [0.3, 0.4) is 0 Å². The van der Waals surface area contributed by atoms with Crippen LogP contribution in [-0.4, -0.2) is 61.0 Å². The first-order valence-corrected chi connectivity index (χ1v) is 9.56. The molecule has 3 aliphatic carbocycles. The zero-order valence-electron chi connectivity index (χ0n) is 12.5. The molecule has 1 atom stereocenters. The average Bonchev–Trinajstić information content (AvgIpc) is 2.98. The Hall–Kier alpha value is -0.860. The zero-order chi connectivity index (χ0) is 15.6. The summed E-state index contributed by atoms with van der Waals surface area (Å²) in [6, 6.07) is 0.0727. The number of rotatable bonds is 3. The summed E-state index contributed by atoms with van der Waals surface area (Å²) >= 11 is 0. The Morgan fingerprint density at radius 2 is 1.95 bits per heavy atom. The average molecular weight is 330 g/mol. The van der Waals surface area contributed by atoms with E-state index < -0.39 is 10.1 Å². The third-order valence-corrected chi connectivity index (χ3v) is 6.95. The molecule has 0 aromatic rings. The summed E-state index contributed by atoms with van der Waals surface area (Å²) in [6.07, 6.45) is 3.67. The van der Waals surface area contributed by atoms with Crippen LogP contribution in [0.1, 0.15) is 32.1 Å². The molecule has 3 saturated carbocycles. The van der Waals surface area contributed by atoms with Crippen molar-refractivity contribution < 1.29 is 22.5 Å². The molecule has 0 radical (unpaired) electrons. The van der Waals surface area contributed by atoms with Gasteiger partial charge in [-0.1, -0.05) is 0 Å². The monoisotopic (exact) mass is 330 g/mol. The fraction of sp³-hybridized carbons (Fsp3) is 0.929. The Morgan fingerprint density at radius 1 is 1.27 bits per heavy atom. The van der Waals surface area contributed by atoms with E-state index in [1.165, 1.54) is 0 Å². The summed E-state index contributed by atoms with van der Waals surface area (Å²) in [5.74, 6) is 0.177. The van der Waals surface area contributed by atoms with E-state index in [0.717, 1.165) is 38.8 Å². The van der Waals surface area contributed by atoms with Crippen molar-refractivity contribution in [1.29, 1.82) is 0 Å². The minimum atomic E-state index is -3.96. The van der Waals surface area contributed by atoms with E-state index in [0.29, 0.717) is 18.9 Å². The standard InChI is InChI=1S/C14H22N2O5S/c17-12-16(8-14(21-12)1-3-15-4-2-14)11-7-13(5-10(11)6-13)9-22(18,19)20/h10-11,15H,1-9H2,(H,18,19,20)/t10?,11-,13?/m1/s1. The summed E-state index contributed by atoms with van der Waals surface area (Å²) in [5.41, 5.74) is -0.682. The van der Waals surface area contributed by atoms with Gasteiger partial charge in [0.2, 0.25) is 0 Å². The number of nitrogens with one attached hydrogen (secondary N) is 1. The maximum Gasteiger partial charge on any atom is 0.410 e. The smallest absolute Gasteiger partial charge is 0.410 e. The van der Waals surface area contributed by atoms with Gasteiger partial charge in [0.25, 0.3) is 10.1 Å². The van der Waals surface area contributed by atoms with Crippen LogP contribution in [0.2, 0.25) is 0 Å². The molecule has 22 heavy (non-hydrogen) atoms. The van der Waals surface area contributed by atoms with Crippen LogP contribution in [0, 0.1) is 11.3 Å². The van der Waals surface area contributed by atoms with Gasteiger partial charge in [-0.05, 0) is 43.7 Å². The molecule has 124 valence electrons. The number of hydrogen-bond donors (Lipinski definition) is 2. The number of hydrogen-bond acceptors (Lipinski definition) is 5. The van der Waals surface area contributed by atoms with E-state index in [9.17, 15) is 13.2 Å². The molecule has 0 unspecified atom stereocenters. The summed E-state index contributed by atoms with van der Waals surface area (Å²) in [6.45, 7) is 2.35.